The Balaban J connectivity index is 2.24. The van der Waals surface area contributed by atoms with E-state index in [0.29, 0.717) is 0 Å². The highest BCUT2D eigenvalue weighted by Gasteiger charge is 2.37. The summed E-state index contributed by atoms with van der Waals surface area (Å²) in [7, 11) is 0. The molecule has 1 amide bonds. The van der Waals surface area contributed by atoms with E-state index in [1.807, 2.05) is 12.1 Å². The number of nitriles is 1. The summed E-state index contributed by atoms with van der Waals surface area (Å²) < 4.78 is 0. The molecule has 0 spiro atoms. The van der Waals surface area contributed by atoms with E-state index >= 15 is 0 Å². The van der Waals surface area contributed by atoms with E-state index < -0.39 is 6.09 Å². The minimum absolute atomic E-state index is 0.167. The molecule has 1 saturated heterocycles. The summed E-state index contributed by atoms with van der Waals surface area (Å²) in [5, 5.41) is 17.9. The number of nitrogens with zero attached hydrogens (tertiary/aromatic N) is 3. The fourth-order valence-corrected chi connectivity index (χ4v) is 2.38. The number of hydrogen-bond acceptors (Lipinski definition) is 3. The Labute approximate surface area is 99.3 Å². The average molecular weight is 231 g/mol. The Morgan fingerprint density at radius 3 is 3.06 bits per heavy atom. The second kappa shape index (κ2) is 4.83. The molecule has 1 aliphatic rings. The highest BCUT2D eigenvalue weighted by Crippen LogP contribution is 2.36. The van der Waals surface area contributed by atoms with Crippen molar-refractivity contribution in [3.05, 3.63) is 30.1 Å². The molecule has 0 bridgehead atoms. The molecule has 2 heterocycles. The molecule has 2 rings (SSSR count). The topological polar surface area (TPSA) is 77.2 Å². The van der Waals surface area contributed by atoms with E-state index in [2.05, 4.69) is 4.98 Å². The Hall–Kier alpha value is -2.09. The smallest absolute Gasteiger partial charge is 0.408 e. The summed E-state index contributed by atoms with van der Waals surface area (Å²) >= 11 is 0. The van der Waals surface area contributed by atoms with Crippen molar-refractivity contribution in [1.82, 2.24) is 9.88 Å². The fourth-order valence-electron chi connectivity index (χ4n) is 2.38. The molecule has 0 saturated carbocycles. The van der Waals surface area contributed by atoms with Crippen LogP contribution in [0.25, 0.3) is 0 Å². The molecule has 1 fully saturated rings. The SMILES string of the molecule is N#CCC1CCC(c2cccnc2)N1C(=O)O. The Kier molecular flexibility index (Phi) is 3.24. The number of likely N-dealkylation sites (tertiary alicyclic amines) is 1. The van der Waals surface area contributed by atoms with Gasteiger partial charge in [0.25, 0.3) is 0 Å². The van der Waals surface area contributed by atoms with E-state index in [0.717, 1.165) is 18.4 Å². The van der Waals surface area contributed by atoms with Crippen molar-refractivity contribution in [2.24, 2.45) is 0 Å². The third kappa shape index (κ3) is 2.21. The maximum Gasteiger partial charge on any atom is 0.408 e. The van der Waals surface area contributed by atoms with Gasteiger partial charge in [-0.15, -0.1) is 0 Å². The number of carbonyl (C=O) groups is 1. The number of rotatable bonds is 2. The summed E-state index contributed by atoms with van der Waals surface area (Å²) in [6.07, 6.45) is 4.13. The lowest BCUT2D eigenvalue weighted by molar-refractivity contribution is 0.122. The van der Waals surface area contributed by atoms with Gasteiger partial charge in [-0.2, -0.15) is 5.26 Å². The van der Waals surface area contributed by atoms with Gasteiger partial charge < -0.3 is 5.11 Å². The third-order valence-corrected chi connectivity index (χ3v) is 3.12. The monoisotopic (exact) mass is 231 g/mol. The number of hydrogen-bond donors (Lipinski definition) is 1. The standard InChI is InChI=1S/C12H13N3O2/c13-6-5-10-3-4-11(15(10)12(16)17)9-2-1-7-14-8-9/h1-2,7-8,10-11H,3-5H2,(H,16,17). The van der Waals surface area contributed by atoms with Crippen LogP contribution in [0.1, 0.15) is 30.9 Å². The highest BCUT2D eigenvalue weighted by molar-refractivity contribution is 5.66. The maximum atomic E-state index is 11.3. The van der Waals surface area contributed by atoms with E-state index in [1.54, 1.807) is 18.5 Å². The molecule has 0 radical (unpaired) electrons. The van der Waals surface area contributed by atoms with Crippen LogP contribution in [-0.4, -0.2) is 27.1 Å². The zero-order chi connectivity index (χ0) is 12.3. The molecule has 1 aromatic rings. The summed E-state index contributed by atoms with van der Waals surface area (Å²) in [6, 6.07) is 5.36. The normalized spacial score (nSPS) is 23.4. The van der Waals surface area contributed by atoms with E-state index in [9.17, 15) is 9.90 Å². The van der Waals surface area contributed by atoms with Crippen LogP contribution in [0.2, 0.25) is 0 Å². The highest BCUT2D eigenvalue weighted by atomic mass is 16.4. The lowest BCUT2D eigenvalue weighted by atomic mass is 10.1. The van der Waals surface area contributed by atoms with Crippen molar-refractivity contribution >= 4 is 6.09 Å². The van der Waals surface area contributed by atoms with E-state index in [1.165, 1.54) is 4.90 Å². The Bertz CT molecular complexity index is 441. The molecule has 1 aromatic heterocycles. The molecule has 2 atom stereocenters. The number of pyridine rings is 1. The summed E-state index contributed by atoms with van der Waals surface area (Å²) in [5.41, 5.74) is 0.898. The molecule has 1 aliphatic heterocycles. The molecule has 5 nitrogen and oxygen atoms in total. The molecule has 1 N–H and O–H groups in total. The molecule has 0 aromatic carbocycles. The van der Waals surface area contributed by atoms with Crippen LogP contribution in [0.3, 0.4) is 0 Å². The van der Waals surface area contributed by atoms with Gasteiger partial charge in [-0.25, -0.2) is 4.79 Å². The van der Waals surface area contributed by atoms with Gasteiger partial charge in [-0.05, 0) is 24.5 Å². The van der Waals surface area contributed by atoms with Gasteiger partial charge >= 0.3 is 6.09 Å². The lowest BCUT2D eigenvalue weighted by Gasteiger charge is -2.26. The van der Waals surface area contributed by atoms with Gasteiger partial charge in [0.05, 0.1) is 18.5 Å². The largest absolute Gasteiger partial charge is 0.465 e. The predicted molar refractivity (Wildman–Crippen MR) is 60.1 cm³/mol. The van der Waals surface area contributed by atoms with Gasteiger partial charge in [-0.3, -0.25) is 9.88 Å². The van der Waals surface area contributed by atoms with Crippen molar-refractivity contribution in [2.45, 2.75) is 31.3 Å². The fraction of sp³-hybridized carbons (Fsp3) is 0.417. The van der Waals surface area contributed by atoms with Gasteiger partial charge in [0, 0.05) is 18.4 Å². The number of aromatic nitrogens is 1. The molecular formula is C12H13N3O2. The summed E-state index contributed by atoms with van der Waals surface area (Å²) in [4.78, 5) is 16.7. The molecule has 0 aliphatic carbocycles. The van der Waals surface area contributed by atoms with Crippen LogP contribution < -0.4 is 0 Å². The number of carboxylic acid groups (broad SMARTS) is 1. The van der Waals surface area contributed by atoms with Crippen molar-refractivity contribution in [1.29, 1.82) is 5.26 Å². The zero-order valence-corrected chi connectivity index (χ0v) is 9.28. The second-order valence-electron chi connectivity index (χ2n) is 4.09. The third-order valence-electron chi connectivity index (χ3n) is 3.12. The Morgan fingerprint density at radius 1 is 1.65 bits per heavy atom. The summed E-state index contributed by atoms with van der Waals surface area (Å²) in [5.74, 6) is 0. The first-order valence-electron chi connectivity index (χ1n) is 5.52. The van der Waals surface area contributed by atoms with Crippen LogP contribution >= 0.6 is 0 Å². The molecular weight excluding hydrogens is 218 g/mol. The van der Waals surface area contributed by atoms with Gasteiger partial charge in [0.2, 0.25) is 0 Å². The van der Waals surface area contributed by atoms with Gasteiger partial charge in [0.15, 0.2) is 0 Å². The first-order chi connectivity index (χ1) is 8.24. The minimum Gasteiger partial charge on any atom is -0.465 e. The van der Waals surface area contributed by atoms with Crippen LogP contribution in [0.5, 0.6) is 0 Å². The van der Waals surface area contributed by atoms with Crippen molar-refractivity contribution in [3.8, 4) is 6.07 Å². The molecule has 2 unspecified atom stereocenters. The van der Waals surface area contributed by atoms with Gasteiger partial charge in [-0.1, -0.05) is 6.07 Å². The molecule has 88 valence electrons. The number of amides is 1. The van der Waals surface area contributed by atoms with Crippen molar-refractivity contribution in [2.75, 3.05) is 0 Å². The van der Waals surface area contributed by atoms with Gasteiger partial charge in [0.1, 0.15) is 0 Å². The zero-order valence-electron chi connectivity index (χ0n) is 9.28. The van der Waals surface area contributed by atoms with Crippen molar-refractivity contribution in [3.63, 3.8) is 0 Å². The van der Waals surface area contributed by atoms with E-state index in [-0.39, 0.29) is 18.5 Å². The lowest BCUT2D eigenvalue weighted by Crippen LogP contribution is -2.36. The van der Waals surface area contributed by atoms with Crippen molar-refractivity contribution < 1.29 is 9.90 Å². The first-order valence-corrected chi connectivity index (χ1v) is 5.52. The van der Waals surface area contributed by atoms with E-state index in [4.69, 9.17) is 5.26 Å². The molecule has 17 heavy (non-hydrogen) atoms. The average Bonchev–Trinajstić information content (AvgIpc) is 2.74. The quantitative estimate of drug-likeness (QED) is 0.846. The second-order valence-corrected chi connectivity index (χ2v) is 4.09. The first kappa shape index (κ1) is 11.4. The van der Waals surface area contributed by atoms with Crippen LogP contribution in [0.15, 0.2) is 24.5 Å². The maximum absolute atomic E-state index is 11.3. The van der Waals surface area contributed by atoms with Crippen LogP contribution in [-0.2, 0) is 0 Å². The predicted octanol–water partition coefficient (Wildman–Crippen LogP) is 2.18. The minimum atomic E-state index is -0.961. The molecule has 5 heteroatoms. The van der Waals surface area contributed by atoms with Crippen LogP contribution in [0, 0.1) is 11.3 Å². The van der Waals surface area contributed by atoms with Crippen LogP contribution in [0.4, 0.5) is 4.79 Å². The Morgan fingerprint density at radius 2 is 2.47 bits per heavy atom. The summed E-state index contributed by atoms with van der Waals surface area (Å²) in [6.45, 7) is 0.